The first-order valence-corrected chi connectivity index (χ1v) is 4.88. The Morgan fingerprint density at radius 2 is 2.23 bits per heavy atom. The van der Waals surface area contributed by atoms with Gasteiger partial charge in [0, 0.05) is 11.0 Å². The molecule has 0 aromatic rings. The number of aldehydes is 1. The van der Waals surface area contributed by atoms with Gasteiger partial charge in [0.2, 0.25) is 0 Å². The van der Waals surface area contributed by atoms with E-state index in [4.69, 9.17) is 4.74 Å². The number of hydrogen-bond acceptors (Lipinski definition) is 3. The summed E-state index contributed by atoms with van der Waals surface area (Å²) >= 11 is 4.48. The molecule has 2 nitrogen and oxygen atoms in total. The molecule has 1 unspecified atom stereocenters. The van der Waals surface area contributed by atoms with Crippen LogP contribution in [-0.4, -0.2) is 17.8 Å². The van der Waals surface area contributed by atoms with Crippen molar-refractivity contribution in [3.8, 4) is 0 Å². The van der Waals surface area contributed by atoms with E-state index < -0.39 is 4.93 Å². The molecule has 1 aliphatic rings. The van der Waals surface area contributed by atoms with Crippen LogP contribution in [0.3, 0.4) is 0 Å². The highest BCUT2D eigenvalue weighted by Gasteiger charge is 2.44. The monoisotopic (exact) mass is 200 g/mol. The molecule has 1 aliphatic heterocycles. The summed E-state index contributed by atoms with van der Waals surface area (Å²) in [7, 11) is 0. The Balaban J connectivity index is 3.06. The SMILES string of the molecule is CC(C)(C)C1(S)OCCC=C1C=O. The van der Waals surface area contributed by atoms with E-state index >= 15 is 0 Å². The molecule has 0 bridgehead atoms. The molecule has 0 spiro atoms. The summed E-state index contributed by atoms with van der Waals surface area (Å²) in [6.45, 7) is 6.69. The summed E-state index contributed by atoms with van der Waals surface area (Å²) in [5, 5.41) is 0. The molecule has 0 aromatic carbocycles. The average molecular weight is 200 g/mol. The first-order valence-electron chi connectivity index (χ1n) is 4.44. The lowest BCUT2D eigenvalue weighted by atomic mass is 9.82. The second kappa shape index (κ2) is 3.46. The van der Waals surface area contributed by atoms with Gasteiger partial charge in [-0.3, -0.25) is 4.79 Å². The number of carbonyl (C=O) groups excluding carboxylic acids is 1. The lowest BCUT2D eigenvalue weighted by Crippen LogP contribution is -2.44. The molecule has 1 rings (SSSR count). The Kier molecular flexibility index (Phi) is 2.88. The fourth-order valence-electron chi connectivity index (χ4n) is 1.42. The van der Waals surface area contributed by atoms with Crippen LogP contribution in [0.1, 0.15) is 27.2 Å². The molecule has 0 fully saturated rings. The van der Waals surface area contributed by atoms with Gasteiger partial charge < -0.3 is 4.74 Å². The minimum Gasteiger partial charge on any atom is -0.359 e. The predicted molar refractivity (Wildman–Crippen MR) is 55.9 cm³/mol. The molecule has 0 radical (unpaired) electrons. The van der Waals surface area contributed by atoms with Gasteiger partial charge in [0.1, 0.15) is 11.2 Å². The number of hydrogen-bond donors (Lipinski definition) is 1. The zero-order valence-corrected chi connectivity index (χ0v) is 9.23. The smallest absolute Gasteiger partial charge is 0.149 e. The molecule has 1 atom stereocenters. The normalized spacial score (nSPS) is 29.7. The second-order valence-electron chi connectivity index (χ2n) is 4.31. The highest BCUT2D eigenvalue weighted by molar-refractivity contribution is 7.82. The van der Waals surface area contributed by atoms with E-state index in [0.717, 1.165) is 12.7 Å². The number of ether oxygens (including phenoxy) is 1. The van der Waals surface area contributed by atoms with Crippen molar-refractivity contribution >= 4 is 18.9 Å². The van der Waals surface area contributed by atoms with E-state index in [1.165, 1.54) is 0 Å². The third-order valence-corrected chi connectivity index (χ3v) is 3.39. The van der Waals surface area contributed by atoms with E-state index in [1.54, 1.807) is 0 Å². The van der Waals surface area contributed by atoms with Gasteiger partial charge in [0.05, 0.1) is 6.61 Å². The molecule has 0 N–H and O–H groups in total. The molecule has 74 valence electrons. The van der Waals surface area contributed by atoms with Crippen LogP contribution in [-0.2, 0) is 9.53 Å². The summed E-state index contributed by atoms with van der Waals surface area (Å²) in [4.78, 5) is 10.1. The van der Waals surface area contributed by atoms with Gasteiger partial charge in [-0.25, -0.2) is 0 Å². The topological polar surface area (TPSA) is 26.3 Å². The summed E-state index contributed by atoms with van der Waals surface area (Å²) in [6.07, 6.45) is 3.55. The summed E-state index contributed by atoms with van der Waals surface area (Å²) in [6, 6.07) is 0. The lowest BCUT2D eigenvalue weighted by molar-refractivity contribution is -0.109. The van der Waals surface area contributed by atoms with Crippen molar-refractivity contribution in [2.75, 3.05) is 6.61 Å². The largest absolute Gasteiger partial charge is 0.359 e. The van der Waals surface area contributed by atoms with Crippen molar-refractivity contribution in [3.05, 3.63) is 11.6 Å². The second-order valence-corrected chi connectivity index (χ2v) is 4.94. The molecule has 3 heteroatoms. The van der Waals surface area contributed by atoms with Crippen molar-refractivity contribution in [1.82, 2.24) is 0 Å². The zero-order valence-electron chi connectivity index (χ0n) is 8.33. The van der Waals surface area contributed by atoms with Crippen molar-refractivity contribution < 1.29 is 9.53 Å². The van der Waals surface area contributed by atoms with Crippen LogP contribution < -0.4 is 0 Å². The van der Waals surface area contributed by atoms with Crippen LogP contribution in [0.2, 0.25) is 0 Å². The predicted octanol–water partition coefficient (Wildman–Crippen LogP) is 2.20. The zero-order chi connectivity index (χ0) is 10.1. The Morgan fingerprint density at radius 1 is 1.62 bits per heavy atom. The molecule has 13 heavy (non-hydrogen) atoms. The molecule has 0 aromatic heterocycles. The maximum absolute atomic E-state index is 10.8. The Labute approximate surface area is 84.8 Å². The number of carbonyl (C=O) groups is 1. The van der Waals surface area contributed by atoms with Gasteiger partial charge in [-0.15, -0.1) is 12.6 Å². The fraction of sp³-hybridized carbons (Fsp3) is 0.700. The van der Waals surface area contributed by atoms with Gasteiger partial charge in [0.15, 0.2) is 0 Å². The Bertz CT molecular complexity index is 240. The average Bonchev–Trinajstić information content (AvgIpc) is 2.03. The molecule has 0 saturated heterocycles. The highest BCUT2D eigenvalue weighted by atomic mass is 32.1. The molecular weight excluding hydrogens is 184 g/mol. The highest BCUT2D eigenvalue weighted by Crippen LogP contribution is 2.44. The van der Waals surface area contributed by atoms with Crippen LogP contribution in [0.15, 0.2) is 11.6 Å². The summed E-state index contributed by atoms with van der Waals surface area (Å²) in [5.41, 5.74) is 0.470. The maximum atomic E-state index is 10.8. The number of rotatable bonds is 1. The van der Waals surface area contributed by atoms with Crippen molar-refractivity contribution in [3.63, 3.8) is 0 Å². The standard InChI is InChI=1S/C10H16O2S/c1-9(2,3)10(13)8(7-11)5-4-6-12-10/h5,7,13H,4,6H2,1-3H3. The van der Waals surface area contributed by atoms with E-state index in [-0.39, 0.29) is 5.41 Å². The summed E-state index contributed by atoms with van der Waals surface area (Å²) in [5.74, 6) is 0. The first kappa shape index (κ1) is 10.8. The Morgan fingerprint density at radius 3 is 2.62 bits per heavy atom. The molecule has 0 aliphatic carbocycles. The summed E-state index contributed by atoms with van der Waals surface area (Å²) < 4.78 is 5.60. The van der Waals surface area contributed by atoms with Gasteiger partial charge in [-0.05, 0) is 6.42 Å². The maximum Gasteiger partial charge on any atom is 0.149 e. The third-order valence-electron chi connectivity index (χ3n) is 2.33. The van der Waals surface area contributed by atoms with E-state index in [0.29, 0.717) is 12.2 Å². The van der Waals surface area contributed by atoms with Gasteiger partial charge in [-0.2, -0.15) is 0 Å². The molecule has 0 amide bonds. The van der Waals surface area contributed by atoms with Gasteiger partial charge in [0.25, 0.3) is 0 Å². The lowest BCUT2D eigenvalue weighted by Gasteiger charge is -2.42. The molecule has 1 heterocycles. The van der Waals surface area contributed by atoms with Gasteiger partial charge >= 0.3 is 0 Å². The van der Waals surface area contributed by atoms with Gasteiger partial charge in [-0.1, -0.05) is 26.8 Å². The van der Waals surface area contributed by atoms with Crippen molar-refractivity contribution in [1.29, 1.82) is 0 Å². The Hall–Kier alpha value is -0.280. The van der Waals surface area contributed by atoms with Crippen molar-refractivity contribution in [2.24, 2.45) is 5.41 Å². The van der Waals surface area contributed by atoms with E-state index in [9.17, 15) is 4.79 Å². The van der Waals surface area contributed by atoms with Crippen LogP contribution in [0.4, 0.5) is 0 Å². The van der Waals surface area contributed by atoms with Crippen LogP contribution in [0, 0.1) is 5.41 Å². The minimum absolute atomic E-state index is 0.177. The molecule has 0 saturated carbocycles. The van der Waals surface area contributed by atoms with Crippen molar-refractivity contribution in [2.45, 2.75) is 32.1 Å². The first-order chi connectivity index (χ1) is 5.92. The van der Waals surface area contributed by atoms with Crippen LogP contribution in [0.5, 0.6) is 0 Å². The minimum atomic E-state index is -0.729. The van der Waals surface area contributed by atoms with E-state index in [2.05, 4.69) is 12.6 Å². The third kappa shape index (κ3) is 1.81. The number of thiol groups is 1. The van der Waals surface area contributed by atoms with Crippen LogP contribution in [0.25, 0.3) is 0 Å². The molecular formula is C10H16O2S. The quantitative estimate of drug-likeness (QED) is 0.519. The van der Waals surface area contributed by atoms with Crippen LogP contribution >= 0.6 is 12.6 Å². The fourth-order valence-corrected chi connectivity index (χ4v) is 1.66. The van der Waals surface area contributed by atoms with E-state index in [1.807, 2.05) is 26.8 Å².